The fraction of sp³-hybridized carbons (Fsp3) is 0.350. The fourth-order valence-electron chi connectivity index (χ4n) is 3.66. The minimum Gasteiger partial charge on any atom is -0.497 e. The molecular formula is C20H21NO3. The van der Waals surface area contributed by atoms with Gasteiger partial charge in [0.2, 0.25) is 0 Å². The molecule has 0 radical (unpaired) electrons. The van der Waals surface area contributed by atoms with Crippen LogP contribution < -0.4 is 10.1 Å². The molecule has 1 heterocycles. The summed E-state index contributed by atoms with van der Waals surface area (Å²) in [6.45, 7) is 0.826. The number of nitrogens with one attached hydrogen (secondary N) is 1. The maximum absolute atomic E-state index is 12.6. The molecule has 24 heavy (non-hydrogen) atoms. The van der Waals surface area contributed by atoms with Crippen LogP contribution in [0.4, 0.5) is 0 Å². The highest BCUT2D eigenvalue weighted by molar-refractivity contribution is 5.95. The average Bonchev–Trinajstić information content (AvgIpc) is 3.00. The smallest absolute Gasteiger partial charge is 0.251 e. The molecule has 3 atom stereocenters. The largest absolute Gasteiger partial charge is 0.497 e. The summed E-state index contributed by atoms with van der Waals surface area (Å²) in [5.74, 6) is 1.30. The zero-order chi connectivity index (χ0) is 16.5. The lowest BCUT2D eigenvalue weighted by molar-refractivity contribution is 0.00810. The van der Waals surface area contributed by atoms with E-state index in [1.54, 1.807) is 7.11 Å². The van der Waals surface area contributed by atoms with Crippen LogP contribution in [0.3, 0.4) is 0 Å². The average molecular weight is 323 g/mol. The van der Waals surface area contributed by atoms with Gasteiger partial charge in [-0.2, -0.15) is 0 Å². The van der Waals surface area contributed by atoms with Gasteiger partial charge in [-0.15, -0.1) is 0 Å². The van der Waals surface area contributed by atoms with Gasteiger partial charge in [0.05, 0.1) is 13.2 Å². The Hall–Kier alpha value is -2.33. The van der Waals surface area contributed by atoms with E-state index in [-0.39, 0.29) is 11.9 Å². The maximum atomic E-state index is 12.6. The molecule has 4 rings (SSSR count). The highest BCUT2D eigenvalue weighted by Gasteiger charge is 2.45. The van der Waals surface area contributed by atoms with Crippen LogP contribution in [0.5, 0.6) is 5.75 Å². The number of hydrogen-bond donors (Lipinski definition) is 1. The van der Waals surface area contributed by atoms with Gasteiger partial charge in [0, 0.05) is 24.1 Å². The molecule has 1 amide bonds. The summed E-state index contributed by atoms with van der Waals surface area (Å²) in [6.07, 6.45) is 2.35. The molecule has 1 aliphatic carbocycles. The topological polar surface area (TPSA) is 47.6 Å². The van der Waals surface area contributed by atoms with Crippen molar-refractivity contribution in [3.63, 3.8) is 0 Å². The monoisotopic (exact) mass is 323 g/mol. The Morgan fingerprint density at radius 1 is 1.17 bits per heavy atom. The number of fused-ring (bicyclic) bond motifs is 1. The van der Waals surface area contributed by atoms with E-state index >= 15 is 0 Å². The van der Waals surface area contributed by atoms with Crippen LogP contribution in [0.25, 0.3) is 11.1 Å². The van der Waals surface area contributed by atoms with E-state index in [0.717, 1.165) is 36.3 Å². The van der Waals surface area contributed by atoms with Gasteiger partial charge >= 0.3 is 0 Å². The van der Waals surface area contributed by atoms with Crippen molar-refractivity contribution in [3.8, 4) is 16.9 Å². The number of amides is 1. The summed E-state index contributed by atoms with van der Waals surface area (Å²) in [5, 5.41) is 3.16. The second-order valence-electron chi connectivity index (χ2n) is 6.49. The van der Waals surface area contributed by atoms with Crippen LogP contribution in [-0.4, -0.2) is 31.8 Å². The maximum Gasteiger partial charge on any atom is 0.251 e. The highest BCUT2D eigenvalue weighted by Crippen LogP contribution is 2.38. The number of rotatable bonds is 4. The summed E-state index contributed by atoms with van der Waals surface area (Å²) in [6, 6.07) is 15.8. The van der Waals surface area contributed by atoms with E-state index in [2.05, 4.69) is 5.32 Å². The van der Waals surface area contributed by atoms with Gasteiger partial charge in [0.1, 0.15) is 5.75 Å². The Morgan fingerprint density at radius 3 is 2.75 bits per heavy atom. The normalized spacial score (nSPS) is 24.8. The van der Waals surface area contributed by atoms with Crippen molar-refractivity contribution in [2.24, 2.45) is 5.92 Å². The van der Waals surface area contributed by atoms with Gasteiger partial charge in [-0.25, -0.2) is 0 Å². The van der Waals surface area contributed by atoms with Crippen LogP contribution in [0.2, 0.25) is 0 Å². The number of benzene rings is 2. The molecule has 0 unspecified atom stereocenters. The second kappa shape index (κ2) is 6.29. The van der Waals surface area contributed by atoms with Crippen molar-refractivity contribution in [3.05, 3.63) is 54.1 Å². The lowest BCUT2D eigenvalue weighted by atomic mass is 9.76. The third kappa shape index (κ3) is 2.78. The van der Waals surface area contributed by atoms with Gasteiger partial charge in [-0.05, 0) is 48.2 Å². The van der Waals surface area contributed by atoms with E-state index in [9.17, 15) is 4.79 Å². The molecular weight excluding hydrogens is 302 g/mol. The molecule has 1 saturated carbocycles. The first kappa shape index (κ1) is 15.2. The summed E-state index contributed by atoms with van der Waals surface area (Å²) in [5.41, 5.74) is 2.74. The third-order valence-electron chi connectivity index (χ3n) is 5.11. The fourth-order valence-corrected chi connectivity index (χ4v) is 3.66. The summed E-state index contributed by atoms with van der Waals surface area (Å²) in [4.78, 5) is 12.6. The molecule has 2 fully saturated rings. The van der Waals surface area contributed by atoms with Crippen molar-refractivity contribution < 1.29 is 14.3 Å². The Morgan fingerprint density at radius 2 is 1.96 bits per heavy atom. The summed E-state index contributed by atoms with van der Waals surface area (Å²) >= 11 is 0. The predicted octanol–water partition coefficient (Wildman–Crippen LogP) is 3.27. The first-order valence-electron chi connectivity index (χ1n) is 8.41. The van der Waals surface area contributed by atoms with Gasteiger partial charge in [-0.1, -0.05) is 24.3 Å². The second-order valence-corrected chi connectivity index (χ2v) is 6.49. The van der Waals surface area contributed by atoms with Gasteiger partial charge < -0.3 is 14.8 Å². The standard InChI is InChI=1S/C20H21NO3/c1-23-16-7-3-5-14(11-16)13-4-2-6-15(10-13)20(22)21-18-12-19-17(18)8-9-24-19/h2-7,10-11,17-19H,8-9,12H2,1H3,(H,21,22)/t17-,18+,19+/m0/s1. The molecule has 4 nitrogen and oxygen atoms in total. The Kier molecular flexibility index (Phi) is 3.98. The quantitative estimate of drug-likeness (QED) is 0.939. The number of methoxy groups -OCH3 is 1. The van der Waals surface area contributed by atoms with E-state index in [1.165, 1.54) is 0 Å². The number of hydrogen-bond acceptors (Lipinski definition) is 3. The molecule has 124 valence electrons. The van der Waals surface area contributed by atoms with Crippen molar-refractivity contribution in [1.29, 1.82) is 0 Å². The zero-order valence-electron chi connectivity index (χ0n) is 13.7. The minimum atomic E-state index is -0.00454. The van der Waals surface area contributed by atoms with Crippen molar-refractivity contribution in [2.45, 2.75) is 25.0 Å². The Balaban J connectivity index is 1.50. The zero-order valence-corrected chi connectivity index (χ0v) is 13.7. The molecule has 2 aromatic carbocycles. The molecule has 1 N–H and O–H groups in total. The molecule has 2 aliphatic rings. The van der Waals surface area contributed by atoms with Gasteiger partial charge in [0.15, 0.2) is 0 Å². The van der Waals surface area contributed by atoms with Crippen LogP contribution in [0.15, 0.2) is 48.5 Å². The molecule has 1 saturated heterocycles. The first-order valence-corrected chi connectivity index (χ1v) is 8.41. The molecule has 2 aromatic rings. The van der Waals surface area contributed by atoms with Crippen LogP contribution in [0.1, 0.15) is 23.2 Å². The molecule has 0 aromatic heterocycles. The lowest BCUT2D eigenvalue weighted by Crippen LogP contribution is -2.53. The number of carbonyl (C=O) groups excluding carboxylic acids is 1. The van der Waals surface area contributed by atoms with Crippen molar-refractivity contribution >= 4 is 5.91 Å². The van der Waals surface area contributed by atoms with Crippen molar-refractivity contribution in [2.75, 3.05) is 13.7 Å². The molecule has 1 aliphatic heterocycles. The van der Waals surface area contributed by atoms with E-state index in [4.69, 9.17) is 9.47 Å². The highest BCUT2D eigenvalue weighted by atomic mass is 16.5. The Bertz CT molecular complexity index is 758. The van der Waals surface area contributed by atoms with Crippen molar-refractivity contribution in [1.82, 2.24) is 5.32 Å². The van der Waals surface area contributed by atoms with Crippen LogP contribution >= 0.6 is 0 Å². The molecule has 0 spiro atoms. The van der Waals surface area contributed by atoms with E-state index in [1.807, 2.05) is 48.5 Å². The van der Waals surface area contributed by atoms with E-state index < -0.39 is 0 Å². The van der Waals surface area contributed by atoms with Gasteiger partial charge in [-0.3, -0.25) is 4.79 Å². The Labute approximate surface area is 141 Å². The van der Waals surface area contributed by atoms with Gasteiger partial charge in [0.25, 0.3) is 5.91 Å². The van der Waals surface area contributed by atoms with E-state index in [0.29, 0.717) is 17.6 Å². The third-order valence-corrected chi connectivity index (χ3v) is 5.11. The van der Waals surface area contributed by atoms with Crippen LogP contribution in [-0.2, 0) is 4.74 Å². The number of carbonyl (C=O) groups is 1. The summed E-state index contributed by atoms with van der Waals surface area (Å²) < 4.78 is 10.9. The minimum absolute atomic E-state index is 0.00454. The summed E-state index contributed by atoms with van der Waals surface area (Å²) in [7, 11) is 1.65. The first-order chi connectivity index (χ1) is 11.7. The molecule has 4 heteroatoms. The number of ether oxygens (including phenoxy) is 2. The molecule has 0 bridgehead atoms. The SMILES string of the molecule is COc1cccc(-c2cccc(C(=O)N[C@@H]3C[C@H]4OCC[C@@H]34)c2)c1. The van der Waals surface area contributed by atoms with Crippen LogP contribution in [0, 0.1) is 5.92 Å². The lowest BCUT2D eigenvalue weighted by Gasteiger charge is -2.39. The predicted molar refractivity (Wildman–Crippen MR) is 92.1 cm³/mol.